The molecule has 0 aliphatic heterocycles. The van der Waals surface area contributed by atoms with E-state index >= 15 is 0 Å². The van der Waals surface area contributed by atoms with Gasteiger partial charge in [-0.3, -0.25) is 4.79 Å². The largest absolute Gasteiger partial charge is 0.385 e. The minimum Gasteiger partial charge on any atom is -0.385 e. The molecule has 1 saturated carbocycles. The van der Waals surface area contributed by atoms with Crippen molar-refractivity contribution in [2.45, 2.75) is 64.0 Å². The van der Waals surface area contributed by atoms with E-state index in [2.05, 4.69) is 10.6 Å². The van der Waals surface area contributed by atoms with Gasteiger partial charge in [-0.2, -0.15) is 0 Å². The van der Waals surface area contributed by atoms with E-state index in [1.165, 1.54) is 19.3 Å². The Morgan fingerprint density at radius 1 is 1.28 bits per heavy atom. The van der Waals surface area contributed by atoms with E-state index in [0.717, 1.165) is 38.8 Å². The lowest BCUT2D eigenvalue weighted by atomic mass is 9.95. The third-order valence-corrected chi connectivity index (χ3v) is 3.57. The molecule has 0 aromatic rings. The molecule has 1 atom stereocenters. The zero-order valence-corrected chi connectivity index (χ0v) is 11.8. The Labute approximate surface area is 111 Å². The average Bonchev–Trinajstić information content (AvgIpc) is 2.39. The van der Waals surface area contributed by atoms with Gasteiger partial charge in [0.1, 0.15) is 0 Å². The third kappa shape index (κ3) is 6.36. The molecule has 1 unspecified atom stereocenters. The second kappa shape index (κ2) is 9.34. The second-order valence-corrected chi connectivity index (χ2v) is 5.22. The van der Waals surface area contributed by atoms with E-state index in [1.54, 1.807) is 7.11 Å². The molecule has 4 heteroatoms. The van der Waals surface area contributed by atoms with Gasteiger partial charge in [-0.1, -0.05) is 19.3 Å². The second-order valence-electron chi connectivity index (χ2n) is 5.22. The van der Waals surface area contributed by atoms with Crippen molar-refractivity contribution in [3.05, 3.63) is 0 Å². The Hall–Kier alpha value is -0.610. The van der Waals surface area contributed by atoms with Crippen molar-refractivity contribution in [3.63, 3.8) is 0 Å². The zero-order chi connectivity index (χ0) is 13.2. The van der Waals surface area contributed by atoms with Gasteiger partial charge in [0.05, 0.1) is 6.04 Å². The Morgan fingerprint density at radius 3 is 2.67 bits per heavy atom. The van der Waals surface area contributed by atoms with Crippen molar-refractivity contribution in [1.82, 2.24) is 10.6 Å². The van der Waals surface area contributed by atoms with E-state index in [-0.39, 0.29) is 11.9 Å². The first-order valence-corrected chi connectivity index (χ1v) is 7.26. The molecule has 1 aliphatic rings. The maximum Gasteiger partial charge on any atom is 0.237 e. The summed E-state index contributed by atoms with van der Waals surface area (Å²) in [7, 11) is 1.72. The first-order chi connectivity index (χ1) is 8.74. The Bertz CT molecular complexity index is 228. The van der Waals surface area contributed by atoms with Crippen molar-refractivity contribution in [2.24, 2.45) is 0 Å². The van der Waals surface area contributed by atoms with Crippen LogP contribution < -0.4 is 10.6 Å². The van der Waals surface area contributed by atoms with Crippen LogP contribution in [0.1, 0.15) is 51.9 Å². The molecule has 106 valence electrons. The molecule has 1 rings (SSSR count). The van der Waals surface area contributed by atoms with Gasteiger partial charge in [0.15, 0.2) is 0 Å². The van der Waals surface area contributed by atoms with Crippen LogP contribution in [0, 0.1) is 0 Å². The first kappa shape index (κ1) is 15.4. The molecule has 1 amide bonds. The summed E-state index contributed by atoms with van der Waals surface area (Å²) in [4.78, 5) is 11.9. The van der Waals surface area contributed by atoms with Crippen molar-refractivity contribution >= 4 is 5.91 Å². The molecular formula is C14H28N2O2. The number of unbranched alkanes of at least 4 members (excludes halogenated alkanes) is 1. The highest BCUT2D eigenvalue weighted by Gasteiger charge is 2.18. The molecule has 0 saturated heterocycles. The van der Waals surface area contributed by atoms with Crippen LogP contribution in [0.3, 0.4) is 0 Å². The monoisotopic (exact) mass is 256 g/mol. The average molecular weight is 256 g/mol. The van der Waals surface area contributed by atoms with Crippen molar-refractivity contribution in [2.75, 3.05) is 20.3 Å². The lowest BCUT2D eigenvalue weighted by Crippen LogP contribution is -2.47. The molecule has 2 N–H and O–H groups in total. The van der Waals surface area contributed by atoms with Crippen molar-refractivity contribution in [1.29, 1.82) is 0 Å². The smallest absolute Gasteiger partial charge is 0.237 e. The van der Waals surface area contributed by atoms with Crippen LogP contribution in [-0.4, -0.2) is 38.3 Å². The zero-order valence-electron chi connectivity index (χ0n) is 11.8. The minimum absolute atomic E-state index is 0.0885. The summed E-state index contributed by atoms with van der Waals surface area (Å²) in [5.74, 6) is 0.147. The van der Waals surface area contributed by atoms with E-state index in [9.17, 15) is 4.79 Å². The maximum absolute atomic E-state index is 11.9. The molecule has 0 aromatic heterocycles. The molecule has 18 heavy (non-hydrogen) atoms. The predicted molar refractivity (Wildman–Crippen MR) is 73.6 cm³/mol. The summed E-state index contributed by atoms with van der Waals surface area (Å²) in [5, 5.41) is 6.41. The van der Waals surface area contributed by atoms with Gasteiger partial charge < -0.3 is 15.4 Å². The number of amides is 1. The molecule has 1 fully saturated rings. The number of hydrogen-bond acceptors (Lipinski definition) is 3. The summed E-state index contributed by atoms with van der Waals surface area (Å²) in [6, 6.07) is 0.318. The Morgan fingerprint density at radius 2 is 2.00 bits per heavy atom. The van der Waals surface area contributed by atoms with Crippen molar-refractivity contribution < 1.29 is 9.53 Å². The Balaban J connectivity index is 2.08. The normalized spacial score (nSPS) is 18.6. The molecular weight excluding hydrogens is 228 g/mol. The number of rotatable bonds is 8. The standard InChI is InChI=1S/C14H28N2O2/c1-12(15-10-6-7-11-18-2)14(17)16-13-8-4-3-5-9-13/h12-13,15H,3-11H2,1-2H3,(H,16,17). The third-order valence-electron chi connectivity index (χ3n) is 3.57. The maximum atomic E-state index is 11.9. The number of methoxy groups -OCH3 is 1. The number of nitrogens with one attached hydrogen (secondary N) is 2. The van der Waals surface area contributed by atoms with E-state index < -0.39 is 0 Å². The van der Waals surface area contributed by atoms with Crippen LogP contribution >= 0.6 is 0 Å². The number of carbonyl (C=O) groups excluding carboxylic acids is 1. The predicted octanol–water partition coefficient (Wildman–Crippen LogP) is 1.84. The van der Waals surface area contributed by atoms with Crippen LogP contribution in [-0.2, 0) is 9.53 Å². The summed E-state index contributed by atoms with van der Waals surface area (Å²) >= 11 is 0. The van der Waals surface area contributed by atoms with E-state index in [4.69, 9.17) is 4.74 Å². The molecule has 1 aliphatic carbocycles. The van der Waals surface area contributed by atoms with E-state index in [0.29, 0.717) is 6.04 Å². The van der Waals surface area contributed by atoms with Crippen LogP contribution in [0.4, 0.5) is 0 Å². The number of ether oxygens (including phenoxy) is 1. The van der Waals surface area contributed by atoms with Crippen molar-refractivity contribution in [3.8, 4) is 0 Å². The first-order valence-electron chi connectivity index (χ1n) is 7.26. The fourth-order valence-corrected chi connectivity index (χ4v) is 2.36. The number of carbonyl (C=O) groups is 1. The van der Waals surface area contributed by atoms with Crippen LogP contribution in [0.2, 0.25) is 0 Å². The van der Waals surface area contributed by atoms with Gasteiger partial charge in [0.2, 0.25) is 5.91 Å². The van der Waals surface area contributed by atoms with Gasteiger partial charge in [-0.05, 0) is 39.2 Å². The number of hydrogen-bond donors (Lipinski definition) is 2. The van der Waals surface area contributed by atoms with Gasteiger partial charge in [0, 0.05) is 19.8 Å². The Kier molecular flexibility index (Phi) is 8.01. The molecule has 0 radical (unpaired) electrons. The molecule has 0 heterocycles. The SMILES string of the molecule is COCCCCNC(C)C(=O)NC1CCCCC1. The van der Waals surface area contributed by atoms with Gasteiger partial charge in [0.25, 0.3) is 0 Å². The van der Waals surface area contributed by atoms with Gasteiger partial charge in [-0.15, -0.1) is 0 Å². The van der Waals surface area contributed by atoms with E-state index in [1.807, 2.05) is 6.92 Å². The van der Waals surface area contributed by atoms with Gasteiger partial charge >= 0.3 is 0 Å². The van der Waals surface area contributed by atoms with Crippen LogP contribution in [0.25, 0.3) is 0 Å². The molecule has 0 aromatic carbocycles. The highest BCUT2D eigenvalue weighted by atomic mass is 16.5. The molecule has 0 bridgehead atoms. The quantitative estimate of drug-likeness (QED) is 0.652. The lowest BCUT2D eigenvalue weighted by molar-refractivity contribution is -0.123. The fraction of sp³-hybridized carbons (Fsp3) is 0.929. The summed E-state index contributed by atoms with van der Waals surface area (Å²) < 4.78 is 4.99. The summed E-state index contributed by atoms with van der Waals surface area (Å²) in [5.41, 5.74) is 0. The summed E-state index contributed by atoms with van der Waals surface area (Å²) in [6.45, 7) is 3.61. The summed E-state index contributed by atoms with van der Waals surface area (Å²) in [6.07, 6.45) is 8.21. The highest BCUT2D eigenvalue weighted by Crippen LogP contribution is 2.17. The lowest BCUT2D eigenvalue weighted by Gasteiger charge is -2.24. The van der Waals surface area contributed by atoms with Gasteiger partial charge in [-0.25, -0.2) is 0 Å². The fourth-order valence-electron chi connectivity index (χ4n) is 2.36. The highest BCUT2D eigenvalue weighted by molar-refractivity contribution is 5.81. The molecule has 0 spiro atoms. The van der Waals surface area contributed by atoms with Crippen LogP contribution in [0.15, 0.2) is 0 Å². The molecule has 4 nitrogen and oxygen atoms in total. The van der Waals surface area contributed by atoms with Crippen LogP contribution in [0.5, 0.6) is 0 Å². The topological polar surface area (TPSA) is 50.4 Å². The minimum atomic E-state index is -0.0885.